The van der Waals surface area contributed by atoms with E-state index in [9.17, 15) is 8.78 Å². The van der Waals surface area contributed by atoms with Gasteiger partial charge < -0.3 is 5.32 Å². The van der Waals surface area contributed by atoms with Crippen LogP contribution in [0.1, 0.15) is 43.7 Å². The molecule has 0 radical (unpaired) electrons. The number of piperidine rings is 1. The van der Waals surface area contributed by atoms with Gasteiger partial charge in [-0.3, -0.25) is 0 Å². The topological polar surface area (TPSA) is 12.0 Å². The summed E-state index contributed by atoms with van der Waals surface area (Å²) in [5.41, 5.74) is -0.521. The lowest BCUT2D eigenvalue weighted by atomic mass is 9.87. The Bertz CT molecular complexity index is 409. The molecule has 0 amide bonds. The Hall–Kier alpha value is -0.960. The number of hydrogen-bond donors (Lipinski definition) is 1. The molecule has 1 saturated heterocycles. The van der Waals surface area contributed by atoms with E-state index in [1.54, 1.807) is 12.1 Å². The van der Waals surface area contributed by atoms with Crippen molar-refractivity contribution < 1.29 is 8.78 Å². The number of alkyl halides is 1. The van der Waals surface area contributed by atoms with Crippen LogP contribution in [-0.4, -0.2) is 12.6 Å². The molecule has 100 valence electrons. The summed E-state index contributed by atoms with van der Waals surface area (Å²) < 4.78 is 28.5. The molecule has 3 heteroatoms. The molecule has 1 aliphatic heterocycles. The van der Waals surface area contributed by atoms with E-state index in [-0.39, 0.29) is 11.6 Å². The lowest BCUT2D eigenvalue weighted by Gasteiger charge is -2.30. The van der Waals surface area contributed by atoms with Gasteiger partial charge in [-0.25, -0.2) is 8.78 Å². The first-order chi connectivity index (χ1) is 8.49. The molecule has 0 aliphatic carbocycles. The fraction of sp³-hybridized carbons (Fsp3) is 0.600. The van der Waals surface area contributed by atoms with E-state index in [1.807, 2.05) is 6.92 Å². The lowest BCUT2D eigenvalue weighted by Crippen LogP contribution is -2.38. The van der Waals surface area contributed by atoms with Gasteiger partial charge in [-0.05, 0) is 45.4 Å². The quantitative estimate of drug-likeness (QED) is 0.862. The van der Waals surface area contributed by atoms with Gasteiger partial charge in [0.15, 0.2) is 0 Å². The minimum atomic E-state index is -1.61. The number of halogens is 2. The van der Waals surface area contributed by atoms with Gasteiger partial charge in [0.1, 0.15) is 11.5 Å². The summed E-state index contributed by atoms with van der Waals surface area (Å²) in [4.78, 5) is 0. The van der Waals surface area contributed by atoms with Crippen molar-refractivity contribution in [2.24, 2.45) is 0 Å². The maximum absolute atomic E-state index is 14.8. The molecule has 0 saturated carbocycles. The zero-order valence-corrected chi connectivity index (χ0v) is 11.1. The van der Waals surface area contributed by atoms with Crippen LogP contribution in [0.4, 0.5) is 8.78 Å². The van der Waals surface area contributed by atoms with Crippen LogP contribution in [0, 0.1) is 12.7 Å². The first-order valence-corrected chi connectivity index (χ1v) is 6.68. The highest BCUT2D eigenvalue weighted by Crippen LogP contribution is 2.34. The van der Waals surface area contributed by atoms with Gasteiger partial charge in [0.2, 0.25) is 0 Å². The van der Waals surface area contributed by atoms with Crippen molar-refractivity contribution in [1.29, 1.82) is 0 Å². The third kappa shape index (κ3) is 3.08. The highest BCUT2D eigenvalue weighted by molar-refractivity contribution is 5.29. The highest BCUT2D eigenvalue weighted by Gasteiger charge is 2.32. The monoisotopic (exact) mass is 253 g/mol. The molecule has 18 heavy (non-hydrogen) atoms. The van der Waals surface area contributed by atoms with E-state index in [0.717, 1.165) is 31.4 Å². The smallest absolute Gasteiger partial charge is 0.137 e. The van der Waals surface area contributed by atoms with E-state index in [1.165, 1.54) is 13.0 Å². The molecule has 0 bridgehead atoms. The van der Waals surface area contributed by atoms with Crippen LogP contribution in [0.3, 0.4) is 0 Å². The van der Waals surface area contributed by atoms with E-state index in [0.29, 0.717) is 6.42 Å². The summed E-state index contributed by atoms with van der Waals surface area (Å²) in [6, 6.07) is 4.82. The maximum atomic E-state index is 14.8. The number of aryl methyl sites for hydroxylation is 1. The summed E-state index contributed by atoms with van der Waals surface area (Å²) in [6.45, 7) is 4.29. The molecule has 0 aromatic heterocycles. The van der Waals surface area contributed by atoms with Crippen molar-refractivity contribution >= 4 is 0 Å². The molecule has 2 atom stereocenters. The second-order valence-corrected chi connectivity index (χ2v) is 5.53. The molecule has 1 aromatic carbocycles. The number of nitrogens with one attached hydrogen (secondary N) is 1. The molecule has 2 rings (SSSR count). The first kappa shape index (κ1) is 13.5. The van der Waals surface area contributed by atoms with Crippen molar-refractivity contribution in [3.8, 4) is 0 Å². The largest absolute Gasteiger partial charge is 0.314 e. The normalized spacial score (nSPS) is 23.7. The van der Waals surface area contributed by atoms with Crippen molar-refractivity contribution in [2.75, 3.05) is 6.54 Å². The number of rotatable bonds is 3. The molecule has 0 spiro atoms. The summed E-state index contributed by atoms with van der Waals surface area (Å²) in [6.07, 6.45) is 3.60. The van der Waals surface area contributed by atoms with Crippen molar-refractivity contribution in [3.05, 3.63) is 35.1 Å². The van der Waals surface area contributed by atoms with Crippen LogP contribution in [0.25, 0.3) is 0 Å². The Morgan fingerprint density at radius 2 is 2.17 bits per heavy atom. The zero-order valence-electron chi connectivity index (χ0n) is 11.1. The average Bonchev–Trinajstić information content (AvgIpc) is 2.33. The van der Waals surface area contributed by atoms with Crippen LogP contribution < -0.4 is 5.32 Å². The van der Waals surface area contributed by atoms with Gasteiger partial charge in [0, 0.05) is 18.0 Å². The zero-order chi connectivity index (χ0) is 13.2. The van der Waals surface area contributed by atoms with Crippen LogP contribution in [0.15, 0.2) is 18.2 Å². The Morgan fingerprint density at radius 1 is 1.39 bits per heavy atom. The Kier molecular flexibility index (Phi) is 4.00. The van der Waals surface area contributed by atoms with E-state index < -0.39 is 11.5 Å². The van der Waals surface area contributed by atoms with Gasteiger partial charge in [-0.1, -0.05) is 18.1 Å². The Balaban J connectivity index is 2.15. The van der Waals surface area contributed by atoms with E-state index >= 15 is 0 Å². The SMILES string of the molecule is Cc1ccc(F)c(C(C)(F)CC2CCCCN2)c1. The molecule has 1 N–H and O–H groups in total. The molecule has 1 nitrogen and oxygen atoms in total. The second-order valence-electron chi connectivity index (χ2n) is 5.53. The summed E-state index contributed by atoms with van der Waals surface area (Å²) in [7, 11) is 0. The predicted octanol–water partition coefficient (Wildman–Crippen LogP) is 3.85. The molecule has 1 aliphatic rings. The molecule has 1 heterocycles. The second kappa shape index (κ2) is 5.35. The number of benzene rings is 1. The molecular formula is C15H21F2N. The fourth-order valence-electron chi connectivity index (χ4n) is 2.71. The molecular weight excluding hydrogens is 232 g/mol. The maximum Gasteiger partial charge on any atom is 0.137 e. The van der Waals surface area contributed by atoms with Gasteiger partial charge in [0.25, 0.3) is 0 Å². The van der Waals surface area contributed by atoms with Crippen molar-refractivity contribution in [3.63, 3.8) is 0 Å². The van der Waals surface area contributed by atoms with Gasteiger partial charge >= 0.3 is 0 Å². The summed E-state index contributed by atoms with van der Waals surface area (Å²) in [5, 5.41) is 3.32. The van der Waals surface area contributed by atoms with E-state index in [4.69, 9.17) is 0 Å². The average molecular weight is 253 g/mol. The van der Waals surface area contributed by atoms with Gasteiger partial charge in [-0.15, -0.1) is 0 Å². The standard InChI is InChI=1S/C15H21F2N/c1-11-6-7-14(16)13(9-11)15(2,17)10-12-5-3-4-8-18-12/h6-7,9,12,18H,3-5,8,10H2,1-2H3. The van der Waals surface area contributed by atoms with Crippen LogP contribution in [-0.2, 0) is 5.67 Å². The Labute approximate surface area is 108 Å². The minimum absolute atomic E-state index is 0.161. The molecule has 2 unspecified atom stereocenters. The highest BCUT2D eigenvalue weighted by atomic mass is 19.1. The lowest BCUT2D eigenvalue weighted by molar-refractivity contribution is 0.141. The third-order valence-electron chi connectivity index (χ3n) is 3.73. The van der Waals surface area contributed by atoms with Gasteiger partial charge in [-0.2, -0.15) is 0 Å². The van der Waals surface area contributed by atoms with E-state index in [2.05, 4.69) is 5.32 Å². The summed E-state index contributed by atoms with van der Waals surface area (Å²) >= 11 is 0. The van der Waals surface area contributed by atoms with Crippen LogP contribution >= 0.6 is 0 Å². The summed E-state index contributed by atoms with van der Waals surface area (Å²) in [5.74, 6) is -0.443. The van der Waals surface area contributed by atoms with Crippen molar-refractivity contribution in [2.45, 2.75) is 51.2 Å². The minimum Gasteiger partial charge on any atom is -0.314 e. The molecule has 1 aromatic rings. The van der Waals surface area contributed by atoms with Crippen LogP contribution in [0.5, 0.6) is 0 Å². The van der Waals surface area contributed by atoms with Gasteiger partial charge in [0.05, 0.1) is 0 Å². The van der Waals surface area contributed by atoms with Crippen LogP contribution in [0.2, 0.25) is 0 Å². The first-order valence-electron chi connectivity index (χ1n) is 6.68. The third-order valence-corrected chi connectivity index (χ3v) is 3.73. The Morgan fingerprint density at radius 3 is 2.83 bits per heavy atom. The molecule has 1 fully saturated rings. The fourth-order valence-corrected chi connectivity index (χ4v) is 2.71. The van der Waals surface area contributed by atoms with Crippen molar-refractivity contribution in [1.82, 2.24) is 5.32 Å². The predicted molar refractivity (Wildman–Crippen MR) is 69.9 cm³/mol. The number of hydrogen-bond acceptors (Lipinski definition) is 1.